The lowest BCUT2D eigenvalue weighted by atomic mass is 10.1. The summed E-state index contributed by atoms with van der Waals surface area (Å²) in [5, 5.41) is 2.99. The van der Waals surface area contributed by atoms with Crippen molar-refractivity contribution in [3.05, 3.63) is 28.7 Å². The zero-order chi connectivity index (χ0) is 16.8. The summed E-state index contributed by atoms with van der Waals surface area (Å²) >= 11 is 3.42. The highest BCUT2D eigenvalue weighted by atomic mass is 79.9. The van der Waals surface area contributed by atoms with Crippen molar-refractivity contribution in [2.45, 2.75) is 45.8 Å². The van der Waals surface area contributed by atoms with Gasteiger partial charge in [-0.25, -0.2) is 0 Å². The number of hydrogen-bond donors (Lipinski definition) is 1. The van der Waals surface area contributed by atoms with Gasteiger partial charge in [0.1, 0.15) is 0 Å². The quantitative estimate of drug-likeness (QED) is 0.810. The van der Waals surface area contributed by atoms with Crippen molar-refractivity contribution in [3.63, 3.8) is 0 Å². The molecule has 1 N–H and O–H groups in total. The molecule has 5 heteroatoms. The second kappa shape index (κ2) is 8.81. The number of rotatable bonds is 6. The van der Waals surface area contributed by atoms with Crippen molar-refractivity contribution in [2.24, 2.45) is 5.92 Å². The molecular formula is C18H27BrN2O2. The first kappa shape index (κ1) is 18.4. The lowest BCUT2D eigenvalue weighted by Gasteiger charge is -2.35. The van der Waals surface area contributed by atoms with Crippen molar-refractivity contribution in [3.8, 4) is 0 Å². The molecule has 1 aromatic carbocycles. The van der Waals surface area contributed by atoms with Crippen molar-refractivity contribution < 1.29 is 9.53 Å². The highest BCUT2D eigenvalue weighted by molar-refractivity contribution is 9.10. The standard InChI is InChI=1S/C18H27BrN2O2/c1-13(2)12-23-17-7-9-21(10-8-17)14(3)18(22)20-16-6-4-5-15(19)11-16/h4-6,11,13-14,17H,7-10,12H2,1-3H3,(H,20,22). The summed E-state index contributed by atoms with van der Waals surface area (Å²) < 4.78 is 6.87. The fourth-order valence-electron chi connectivity index (χ4n) is 2.74. The van der Waals surface area contributed by atoms with Gasteiger partial charge in [-0.3, -0.25) is 9.69 Å². The number of piperidine rings is 1. The number of amides is 1. The minimum Gasteiger partial charge on any atom is -0.378 e. The number of carbonyl (C=O) groups excluding carboxylic acids is 1. The van der Waals surface area contributed by atoms with Gasteiger partial charge in [-0.05, 0) is 43.9 Å². The third kappa shape index (κ3) is 5.90. The minimum absolute atomic E-state index is 0.0460. The Kier molecular flexibility index (Phi) is 7.06. The molecule has 4 nitrogen and oxygen atoms in total. The van der Waals surface area contributed by atoms with Crippen LogP contribution >= 0.6 is 15.9 Å². The van der Waals surface area contributed by atoms with Crippen LogP contribution in [0.25, 0.3) is 0 Å². The summed E-state index contributed by atoms with van der Waals surface area (Å²) in [5.74, 6) is 0.618. The van der Waals surface area contributed by atoms with Crippen LogP contribution < -0.4 is 5.32 Å². The van der Waals surface area contributed by atoms with Crippen LogP contribution in [0.1, 0.15) is 33.6 Å². The molecule has 0 saturated carbocycles. The summed E-state index contributed by atoms with van der Waals surface area (Å²) in [5.41, 5.74) is 0.825. The van der Waals surface area contributed by atoms with Crippen molar-refractivity contribution in [2.75, 3.05) is 25.0 Å². The molecule has 23 heavy (non-hydrogen) atoms. The second-order valence-corrected chi connectivity index (χ2v) is 7.55. The Labute approximate surface area is 147 Å². The molecule has 0 radical (unpaired) electrons. The summed E-state index contributed by atoms with van der Waals surface area (Å²) in [6, 6.07) is 7.56. The molecule has 128 valence electrons. The van der Waals surface area contributed by atoms with Crippen LogP contribution in [0.4, 0.5) is 5.69 Å². The molecule has 1 aliphatic heterocycles. The van der Waals surface area contributed by atoms with Crippen LogP contribution in [0.5, 0.6) is 0 Å². The monoisotopic (exact) mass is 382 g/mol. The van der Waals surface area contributed by atoms with Gasteiger partial charge in [-0.2, -0.15) is 0 Å². The molecule has 1 aromatic rings. The molecule has 0 aromatic heterocycles. The maximum absolute atomic E-state index is 12.4. The summed E-state index contributed by atoms with van der Waals surface area (Å²) in [6.07, 6.45) is 2.34. The molecule has 2 rings (SSSR count). The number of anilines is 1. The fraction of sp³-hybridized carbons (Fsp3) is 0.611. The Hall–Kier alpha value is -0.910. The smallest absolute Gasteiger partial charge is 0.241 e. The first-order chi connectivity index (χ1) is 11.0. The number of halogens is 1. The van der Waals surface area contributed by atoms with E-state index in [4.69, 9.17) is 4.74 Å². The van der Waals surface area contributed by atoms with Crippen LogP contribution in [0.2, 0.25) is 0 Å². The predicted octanol–water partition coefficient (Wildman–Crippen LogP) is 3.91. The molecule has 1 aliphatic rings. The largest absolute Gasteiger partial charge is 0.378 e. The van der Waals surface area contributed by atoms with Gasteiger partial charge in [0, 0.05) is 29.9 Å². The fourth-order valence-corrected chi connectivity index (χ4v) is 3.14. The van der Waals surface area contributed by atoms with E-state index in [1.165, 1.54) is 0 Å². The van der Waals surface area contributed by atoms with E-state index in [-0.39, 0.29) is 11.9 Å². The van der Waals surface area contributed by atoms with Crippen LogP contribution in [0.15, 0.2) is 28.7 Å². The van der Waals surface area contributed by atoms with Gasteiger partial charge in [-0.1, -0.05) is 35.8 Å². The third-order valence-corrected chi connectivity index (χ3v) is 4.65. The minimum atomic E-state index is -0.125. The van der Waals surface area contributed by atoms with E-state index in [0.717, 1.165) is 42.7 Å². The highest BCUT2D eigenvalue weighted by Crippen LogP contribution is 2.19. The molecule has 1 atom stereocenters. The molecule has 1 unspecified atom stereocenters. The van der Waals surface area contributed by atoms with Crippen LogP contribution in [-0.4, -0.2) is 42.6 Å². The molecule has 1 amide bonds. The number of nitrogens with zero attached hydrogens (tertiary/aromatic N) is 1. The number of likely N-dealkylation sites (tertiary alicyclic amines) is 1. The maximum Gasteiger partial charge on any atom is 0.241 e. The van der Waals surface area contributed by atoms with Gasteiger partial charge in [-0.15, -0.1) is 0 Å². The first-order valence-corrected chi connectivity index (χ1v) is 9.17. The van der Waals surface area contributed by atoms with Gasteiger partial charge >= 0.3 is 0 Å². The average Bonchev–Trinajstić information content (AvgIpc) is 2.52. The van der Waals surface area contributed by atoms with Crippen LogP contribution in [0, 0.1) is 5.92 Å². The summed E-state index contributed by atoms with van der Waals surface area (Å²) in [6.45, 7) is 8.96. The zero-order valence-electron chi connectivity index (χ0n) is 14.2. The summed E-state index contributed by atoms with van der Waals surface area (Å²) in [4.78, 5) is 14.7. The second-order valence-electron chi connectivity index (χ2n) is 6.64. The predicted molar refractivity (Wildman–Crippen MR) is 97.6 cm³/mol. The molecule has 0 spiro atoms. The van der Waals surface area contributed by atoms with Crippen LogP contribution in [0.3, 0.4) is 0 Å². The number of carbonyl (C=O) groups is 1. The molecule has 1 heterocycles. The molecule has 0 aliphatic carbocycles. The maximum atomic E-state index is 12.4. The number of benzene rings is 1. The average molecular weight is 383 g/mol. The van der Waals surface area contributed by atoms with Crippen molar-refractivity contribution >= 4 is 27.5 Å². The van der Waals surface area contributed by atoms with Gasteiger partial charge in [0.25, 0.3) is 0 Å². The van der Waals surface area contributed by atoms with Gasteiger partial charge < -0.3 is 10.1 Å². The molecular weight excluding hydrogens is 356 g/mol. The molecule has 1 saturated heterocycles. The Bertz CT molecular complexity index is 513. The van der Waals surface area contributed by atoms with E-state index >= 15 is 0 Å². The van der Waals surface area contributed by atoms with Crippen LogP contribution in [-0.2, 0) is 9.53 Å². The van der Waals surface area contributed by atoms with E-state index in [2.05, 4.69) is 40.0 Å². The topological polar surface area (TPSA) is 41.6 Å². The molecule has 0 bridgehead atoms. The van der Waals surface area contributed by atoms with E-state index in [1.54, 1.807) is 0 Å². The molecule has 1 fully saturated rings. The third-order valence-electron chi connectivity index (χ3n) is 4.16. The number of ether oxygens (including phenoxy) is 1. The normalized spacial score (nSPS) is 18.1. The lowest BCUT2D eigenvalue weighted by Crippen LogP contribution is -2.47. The lowest BCUT2D eigenvalue weighted by molar-refractivity contribution is -0.122. The number of nitrogens with one attached hydrogen (secondary N) is 1. The Morgan fingerprint density at radius 2 is 2.04 bits per heavy atom. The van der Waals surface area contributed by atoms with Gasteiger partial charge in [0.15, 0.2) is 0 Å². The summed E-state index contributed by atoms with van der Waals surface area (Å²) in [7, 11) is 0. The van der Waals surface area contributed by atoms with E-state index in [1.807, 2.05) is 31.2 Å². The first-order valence-electron chi connectivity index (χ1n) is 8.37. The number of hydrogen-bond acceptors (Lipinski definition) is 3. The Morgan fingerprint density at radius 1 is 1.35 bits per heavy atom. The van der Waals surface area contributed by atoms with E-state index in [9.17, 15) is 4.79 Å². The van der Waals surface area contributed by atoms with Crippen molar-refractivity contribution in [1.29, 1.82) is 0 Å². The van der Waals surface area contributed by atoms with E-state index in [0.29, 0.717) is 12.0 Å². The highest BCUT2D eigenvalue weighted by Gasteiger charge is 2.27. The van der Waals surface area contributed by atoms with Crippen molar-refractivity contribution in [1.82, 2.24) is 4.90 Å². The van der Waals surface area contributed by atoms with Gasteiger partial charge in [0.2, 0.25) is 5.91 Å². The van der Waals surface area contributed by atoms with Gasteiger partial charge in [0.05, 0.1) is 12.1 Å². The Balaban J connectivity index is 1.79. The van der Waals surface area contributed by atoms with E-state index < -0.39 is 0 Å². The Morgan fingerprint density at radius 3 is 2.65 bits per heavy atom. The zero-order valence-corrected chi connectivity index (χ0v) is 15.8. The SMILES string of the molecule is CC(C)COC1CCN(C(C)C(=O)Nc2cccc(Br)c2)CC1.